The van der Waals surface area contributed by atoms with Crippen LogP contribution in [-0.4, -0.2) is 54.5 Å². The summed E-state index contributed by atoms with van der Waals surface area (Å²) in [4.78, 5) is 11.9. The first-order valence-corrected chi connectivity index (χ1v) is 6.26. The Labute approximate surface area is 117 Å². The molecule has 0 bridgehead atoms. The van der Waals surface area contributed by atoms with Crippen molar-refractivity contribution in [2.45, 2.75) is 26.1 Å². The molecule has 1 unspecified atom stereocenters. The molecule has 0 saturated carbocycles. The van der Waals surface area contributed by atoms with E-state index in [1.807, 2.05) is 13.8 Å². The number of rotatable bonds is 8. The fraction of sp³-hybridized carbons (Fsp3) is 0.727. The van der Waals surface area contributed by atoms with E-state index >= 15 is 0 Å². The van der Waals surface area contributed by atoms with Crippen molar-refractivity contribution < 1.29 is 14.2 Å². The lowest BCUT2D eigenvalue weighted by atomic mass is 10.4. The molecule has 0 aromatic carbocycles. The first kappa shape index (κ1) is 15.9. The lowest BCUT2D eigenvalue weighted by Gasteiger charge is -2.15. The van der Waals surface area contributed by atoms with Gasteiger partial charge < -0.3 is 19.5 Å². The van der Waals surface area contributed by atoms with Gasteiger partial charge >= 0.3 is 6.01 Å². The number of nitrogens with zero attached hydrogens (tertiary/aromatic N) is 3. The van der Waals surface area contributed by atoms with Crippen LogP contribution in [0.3, 0.4) is 0 Å². The van der Waals surface area contributed by atoms with E-state index in [9.17, 15) is 0 Å². The number of hydrogen-bond donors (Lipinski definition) is 1. The fourth-order valence-electron chi connectivity index (χ4n) is 1.28. The first-order valence-electron chi connectivity index (χ1n) is 5.89. The number of ether oxygens (including phenoxy) is 3. The highest BCUT2D eigenvalue weighted by molar-refractivity contribution is 6.28. The van der Waals surface area contributed by atoms with Gasteiger partial charge in [0, 0.05) is 20.8 Å². The summed E-state index contributed by atoms with van der Waals surface area (Å²) in [6.45, 7) is 4.72. The van der Waals surface area contributed by atoms with Crippen LogP contribution in [0.15, 0.2) is 0 Å². The maximum Gasteiger partial charge on any atom is 0.322 e. The summed E-state index contributed by atoms with van der Waals surface area (Å²) in [7, 11) is 3.22. The van der Waals surface area contributed by atoms with Gasteiger partial charge in [-0.1, -0.05) is 0 Å². The SMILES string of the molecule is COCC(CNc1nc(Cl)nc(OC(C)C)n1)OC. The van der Waals surface area contributed by atoms with Crippen LogP contribution in [0.1, 0.15) is 13.8 Å². The Balaban J connectivity index is 2.64. The van der Waals surface area contributed by atoms with Crippen LogP contribution >= 0.6 is 11.6 Å². The van der Waals surface area contributed by atoms with Crippen molar-refractivity contribution in [2.75, 3.05) is 32.7 Å². The van der Waals surface area contributed by atoms with E-state index in [1.54, 1.807) is 14.2 Å². The third kappa shape index (κ3) is 6.00. The maximum absolute atomic E-state index is 5.81. The van der Waals surface area contributed by atoms with Gasteiger partial charge in [0.25, 0.3) is 0 Å². The molecule has 0 aliphatic carbocycles. The molecule has 0 aliphatic heterocycles. The van der Waals surface area contributed by atoms with E-state index in [4.69, 9.17) is 25.8 Å². The van der Waals surface area contributed by atoms with Gasteiger partial charge in [0.2, 0.25) is 11.2 Å². The molecule has 19 heavy (non-hydrogen) atoms. The lowest BCUT2D eigenvalue weighted by Crippen LogP contribution is -2.27. The molecule has 1 heterocycles. The number of hydrogen-bond acceptors (Lipinski definition) is 7. The van der Waals surface area contributed by atoms with Crippen molar-refractivity contribution in [1.82, 2.24) is 15.0 Å². The summed E-state index contributed by atoms with van der Waals surface area (Å²) < 4.78 is 15.6. The molecule has 0 spiro atoms. The monoisotopic (exact) mass is 290 g/mol. The number of methoxy groups -OCH3 is 2. The molecular formula is C11H19ClN4O3. The van der Waals surface area contributed by atoms with Crippen LogP contribution in [0.4, 0.5) is 5.95 Å². The van der Waals surface area contributed by atoms with Crippen LogP contribution in [0.2, 0.25) is 5.28 Å². The normalized spacial score (nSPS) is 12.5. The zero-order valence-corrected chi connectivity index (χ0v) is 12.3. The third-order valence-electron chi connectivity index (χ3n) is 2.10. The molecule has 8 heteroatoms. The Bertz CT molecular complexity index is 392. The van der Waals surface area contributed by atoms with Crippen LogP contribution in [0.5, 0.6) is 6.01 Å². The van der Waals surface area contributed by atoms with E-state index < -0.39 is 0 Å². The molecule has 0 saturated heterocycles. The Morgan fingerprint density at radius 3 is 2.53 bits per heavy atom. The molecule has 0 aliphatic rings. The molecule has 1 aromatic rings. The van der Waals surface area contributed by atoms with Crippen LogP contribution in [0, 0.1) is 0 Å². The van der Waals surface area contributed by atoms with E-state index in [0.717, 1.165) is 0 Å². The highest BCUT2D eigenvalue weighted by Gasteiger charge is 2.10. The smallest absolute Gasteiger partial charge is 0.322 e. The van der Waals surface area contributed by atoms with Gasteiger partial charge in [-0.2, -0.15) is 15.0 Å². The number of anilines is 1. The molecule has 1 rings (SSSR count). The largest absolute Gasteiger partial charge is 0.461 e. The van der Waals surface area contributed by atoms with Crippen molar-refractivity contribution in [2.24, 2.45) is 0 Å². The highest BCUT2D eigenvalue weighted by Crippen LogP contribution is 2.12. The highest BCUT2D eigenvalue weighted by atomic mass is 35.5. The summed E-state index contributed by atoms with van der Waals surface area (Å²) in [5, 5.41) is 3.08. The number of aromatic nitrogens is 3. The first-order chi connectivity index (χ1) is 9.05. The van der Waals surface area contributed by atoms with Crippen molar-refractivity contribution in [3.8, 4) is 6.01 Å². The Morgan fingerprint density at radius 1 is 1.21 bits per heavy atom. The van der Waals surface area contributed by atoms with Crippen LogP contribution in [0.25, 0.3) is 0 Å². The minimum Gasteiger partial charge on any atom is -0.461 e. The Morgan fingerprint density at radius 2 is 1.95 bits per heavy atom. The molecule has 0 amide bonds. The lowest BCUT2D eigenvalue weighted by molar-refractivity contribution is 0.0364. The van der Waals surface area contributed by atoms with E-state index in [0.29, 0.717) is 19.1 Å². The van der Waals surface area contributed by atoms with Gasteiger partial charge in [-0.3, -0.25) is 0 Å². The predicted molar refractivity (Wildman–Crippen MR) is 71.8 cm³/mol. The van der Waals surface area contributed by atoms with Gasteiger partial charge in [0.15, 0.2) is 0 Å². The van der Waals surface area contributed by atoms with Crippen molar-refractivity contribution in [3.05, 3.63) is 5.28 Å². The second-order valence-electron chi connectivity index (χ2n) is 4.07. The van der Waals surface area contributed by atoms with Crippen molar-refractivity contribution >= 4 is 17.5 Å². The van der Waals surface area contributed by atoms with E-state index in [2.05, 4.69) is 20.3 Å². The standard InChI is InChI=1S/C11H19ClN4O3/c1-7(2)19-11-15-9(12)14-10(16-11)13-5-8(18-4)6-17-3/h7-8H,5-6H2,1-4H3,(H,13,14,15,16). The van der Waals surface area contributed by atoms with Gasteiger partial charge in [0.1, 0.15) is 0 Å². The second kappa shape index (κ2) is 8.08. The molecule has 1 atom stereocenters. The van der Waals surface area contributed by atoms with Crippen LogP contribution < -0.4 is 10.1 Å². The second-order valence-corrected chi connectivity index (χ2v) is 4.41. The maximum atomic E-state index is 5.81. The molecular weight excluding hydrogens is 272 g/mol. The zero-order chi connectivity index (χ0) is 14.3. The van der Waals surface area contributed by atoms with E-state index in [-0.39, 0.29) is 23.5 Å². The van der Waals surface area contributed by atoms with Crippen molar-refractivity contribution in [1.29, 1.82) is 0 Å². The fourth-order valence-corrected chi connectivity index (χ4v) is 1.43. The number of halogens is 1. The quantitative estimate of drug-likeness (QED) is 0.775. The van der Waals surface area contributed by atoms with Gasteiger partial charge in [-0.05, 0) is 25.4 Å². The predicted octanol–water partition coefficient (Wildman–Crippen LogP) is 1.39. The van der Waals surface area contributed by atoms with Gasteiger partial charge in [0.05, 0.1) is 18.8 Å². The molecule has 1 aromatic heterocycles. The molecule has 0 radical (unpaired) electrons. The Hall–Kier alpha value is -1.18. The van der Waals surface area contributed by atoms with Crippen molar-refractivity contribution in [3.63, 3.8) is 0 Å². The Kier molecular flexibility index (Phi) is 6.75. The molecule has 1 N–H and O–H groups in total. The molecule has 108 valence electrons. The summed E-state index contributed by atoms with van der Waals surface area (Å²) in [5.74, 6) is 0.341. The minimum atomic E-state index is -0.102. The summed E-state index contributed by atoms with van der Waals surface area (Å²) >= 11 is 5.81. The van der Waals surface area contributed by atoms with E-state index in [1.165, 1.54) is 0 Å². The third-order valence-corrected chi connectivity index (χ3v) is 2.27. The average molecular weight is 291 g/mol. The minimum absolute atomic E-state index is 0.0356. The average Bonchev–Trinajstić information content (AvgIpc) is 2.33. The summed E-state index contributed by atoms with van der Waals surface area (Å²) in [6.07, 6.45) is -0.137. The van der Waals surface area contributed by atoms with Gasteiger partial charge in [-0.25, -0.2) is 0 Å². The van der Waals surface area contributed by atoms with Gasteiger partial charge in [-0.15, -0.1) is 0 Å². The topological polar surface area (TPSA) is 78.4 Å². The summed E-state index contributed by atoms with van der Waals surface area (Å²) in [6, 6.07) is 0.193. The van der Waals surface area contributed by atoms with Crippen LogP contribution in [-0.2, 0) is 9.47 Å². The molecule has 7 nitrogen and oxygen atoms in total. The zero-order valence-electron chi connectivity index (χ0n) is 11.5. The number of nitrogens with one attached hydrogen (secondary N) is 1. The summed E-state index contributed by atoms with van der Waals surface area (Å²) in [5.41, 5.74) is 0. The molecule has 0 fully saturated rings.